The van der Waals surface area contributed by atoms with E-state index in [0.717, 1.165) is 16.2 Å². The molecule has 0 fully saturated rings. The molecule has 26 heavy (non-hydrogen) atoms. The lowest BCUT2D eigenvalue weighted by atomic mass is 10.3. The highest BCUT2D eigenvalue weighted by Gasteiger charge is 2.09. The Hall–Kier alpha value is -2.07. The van der Waals surface area contributed by atoms with Crippen LogP contribution in [0.5, 0.6) is 5.75 Å². The van der Waals surface area contributed by atoms with Crippen molar-refractivity contribution in [2.45, 2.75) is 11.3 Å². The van der Waals surface area contributed by atoms with Crippen LogP contribution >= 0.6 is 11.8 Å². The summed E-state index contributed by atoms with van der Waals surface area (Å²) in [5, 5.41) is 10.9. The lowest BCUT2D eigenvalue weighted by molar-refractivity contribution is 0.126. The van der Waals surface area contributed by atoms with Crippen LogP contribution in [-0.2, 0) is 19.3 Å². The molecule has 1 aromatic heterocycles. The number of aliphatic hydroxyl groups is 1. The summed E-state index contributed by atoms with van der Waals surface area (Å²) >= 11 is 1.44. The third-order valence-electron chi connectivity index (χ3n) is 3.38. The van der Waals surface area contributed by atoms with Gasteiger partial charge in [-0.3, -0.25) is 0 Å². The molecule has 7 nitrogen and oxygen atoms in total. The average molecular weight is 392 g/mol. The number of para-hydroxylation sites is 2. The molecule has 2 aromatic carbocycles. The molecule has 1 heterocycles. The van der Waals surface area contributed by atoms with Crippen LogP contribution in [0.25, 0.3) is 11.0 Å². The summed E-state index contributed by atoms with van der Waals surface area (Å²) in [7, 11) is -0.369. The molecule has 0 amide bonds. The Bertz CT molecular complexity index is 904. The molecule has 0 aliphatic heterocycles. The fourth-order valence-electron chi connectivity index (χ4n) is 2.14. The van der Waals surface area contributed by atoms with Gasteiger partial charge in [-0.05, 0) is 36.4 Å². The number of thioether (sulfide) groups is 1. The molecule has 2 N–H and O–H groups in total. The molecule has 9 heteroatoms. The first-order valence-electron chi connectivity index (χ1n) is 7.80. The van der Waals surface area contributed by atoms with Crippen LogP contribution in [0, 0.1) is 0 Å². The van der Waals surface area contributed by atoms with E-state index in [4.69, 9.17) is 4.74 Å². The van der Waals surface area contributed by atoms with Crippen molar-refractivity contribution >= 4 is 39.4 Å². The van der Waals surface area contributed by atoms with E-state index in [2.05, 4.69) is 18.5 Å². The van der Waals surface area contributed by atoms with Crippen LogP contribution in [0.3, 0.4) is 0 Å². The standard InChI is InChI=1S/C17H18N3O4S2/c1-23-26(22)20-12-6-8-14(9-7-12)24-10-13(21)11-25-17-18-15-4-2-3-5-16(15)19-17/h2-9,13,21H,10-11H2,1H3,(H,18,19)/q-1. The second-order valence-corrected chi connectivity index (χ2v) is 7.26. The summed E-state index contributed by atoms with van der Waals surface area (Å²) < 4.78 is 25.1. The third kappa shape index (κ3) is 5.21. The summed E-state index contributed by atoms with van der Waals surface area (Å²) in [5.74, 6) is 1.06. The fraction of sp³-hybridized carbons (Fsp3) is 0.235. The number of aromatic nitrogens is 2. The number of aliphatic hydroxyl groups excluding tert-OH is 1. The van der Waals surface area contributed by atoms with Gasteiger partial charge in [-0.25, -0.2) is 4.98 Å². The van der Waals surface area contributed by atoms with Gasteiger partial charge in [0.1, 0.15) is 12.4 Å². The van der Waals surface area contributed by atoms with Crippen LogP contribution in [0.15, 0.2) is 58.1 Å². The predicted octanol–water partition coefficient (Wildman–Crippen LogP) is 3.44. The van der Waals surface area contributed by atoms with Crippen molar-refractivity contribution in [3.05, 3.63) is 48.5 Å². The highest BCUT2D eigenvalue weighted by Crippen LogP contribution is 2.21. The average Bonchev–Trinajstić information content (AvgIpc) is 3.08. The number of nitrogens with zero attached hydrogens (tertiary/aromatic N) is 2. The lowest BCUT2D eigenvalue weighted by Gasteiger charge is -2.11. The molecule has 1 unspecified atom stereocenters. The summed E-state index contributed by atoms with van der Waals surface area (Å²) in [6, 6.07) is 14.5. The summed E-state index contributed by atoms with van der Waals surface area (Å²) in [4.78, 5) is 7.66. The molecule has 3 rings (SSSR count). The molecule has 0 saturated carbocycles. The molecular weight excluding hydrogens is 374 g/mol. The van der Waals surface area contributed by atoms with Crippen molar-refractivity contribution in [1.82, 2.24) is 9.97 Å². The van der Waals surface area contributed by atoms with Crippen LogP contribution in [0.4, 0.5) is 5.69 Å². The van der Waals surface area contributed by atoms with E-state index in [0.29, 0.717) is 17.2 Å². The maximum absolute atomic E-state index is 11.2. The fourth-order valence-corrected chi connectivity index (χ4v) is 3.30. The molecule has 0 spiro atoms. The van der Waals surface area contributed by atoms with Crippen molar-refractivity contribution in [2.75, 3.05) is 19.5 Å². The molecule has 0 saturated heterocycles. The second kappa shape index (κ2) is 9.04. The van der Waals surface area contributed by atoms with Crippen molar-refractivity contribution in [2.24, 2.45) is 4.36 Å². The SMILES string of the molecule is CO[S-](=O)=Nc1ccc(OCC(O)CSc2nc3ccccc3[nH]2)cc1. The zero-order valence-corrected chi connectivity index (χ0v) is 15.6. The molecule has 0 radical (unpaired) electrons. The number of rotatable bonds is 8. The van der Waals surface area contributed by atoms with Crippen LogP contribution in [0.1, 0.15) is 0 Å². The maximum atomic E-state index is 11.2. The molecular formula is C17H18N3O4S2-. The second-order valence-electron chi connectivity index (χ2n) is 5.30. The normalized spacial score (nSPS) is 13.8. The zero-order valence-electron chi connectivity index (χ0n) is 14.0. The number of aromatic amines is 1. The maximum Gasteiger partial charge on any atom is 0.166 e. The predicted molar refractivity (Wildman–Crippen MR) is 102 cm³/mol. The molecule has 0 bridgehead atoms. The minimum absolute atomic E-state index is 0.160. The van der Waals surface area contributed by atoms with E-state index >= 15 is 0 Å². The van der Waals surface area contributed by atoms with Gasteiger partial charge in [-0.15, -0.1) is 0 Å². The Labute approximate surface area is 157 Å². The van der Waals surface area contributed by atoms with E-state index in [-0.39, 0.29) is 6.61 Å². The smallest absolute Gasteiger partial charge is 0.166 e. The topological polar surface area (TPSA) is 96.8 Å². The lowest BCUT2D eigenvalue weighted by Crippen LogP contribution is -2.20. The van der Waals surface area contributed by atoms with Crippen LogP contribution in [-0.4, -0.2) is 40.6 Å². The molecule has 3 aromatic rings. The van der Waals surface area contributed by atoms with Gasteiger partial charge in [0.2, 0.25) is 0 Å². The number of benzene rings is 2. The molecule has 138 valence electrons. The Kier molecular flexibility index (Phi) is 6.51. The minimum atomic E-state index is -1.69. The number of nitrogens with one attached hydrogen (secondary N) is 1. The number of H-pyrrole nitrogens is 1. The minimum Gasteiger partial charge on any atom is -0.491 e. The van der Waals surface area contributed by atoms with Gasteiger partial charge < -0.3 is 27.6 Å². The van der Waals surface area contributed by atoms with E-state index in [9.17, 15) is 9.32 Å². The Morgan fingerprint density at radius 2 is 2.04 bits per heavy atom. The van der Waals surface area contributed by atoms with Crippen molar-refractivity contribution in [3.8, 4) is 5.75 Å². The van der Waals surface area contributed by atoms with E-state index in [1.54, 1.807) is 24.3 Å². The first-order chi connectivity index (χ1) is 12.6. The number of fused-ring (bicyclic) bond motifs is 1. The molecule has 0 aliphatic rings. The summed E-state index contributed by atoms with van der Waals surface area (Å²) in [5.41, 5.74) is 2.40. The first-order valence-corrected chi connectivity index (χ1v) is 9.82. The summed E-state index contributed by atoms with van der Waals surface area (Å²) in [6.07, 6.45) is -0.640. The summed E-state index contributed by atoms with van der Waals surface area (Å²) in [6.45, 7) is 0.160. The Morgan fingerprint density at radius 1 is 1.27 bits per heavy atom. The first kappa shape index (κ1) is 18.7. The van der Waals surface area contributed by atoms with Gasteiger partial charge in [0.25, 0.3) is 0 Å². The quantitative estimate of drug-likeness (QED) is 0.450. The monoisotopic (exact) mass is 392 g/mol. The Balaban J connectivity index is 1.47. The van der Waals surface area contributed by atoms with Crippen molar-refractivity contribution < 1.29 is 18.2 Å². The highest BCUT2D eigenvalue weighted by atomic mass is 32.2. The van der Waals surface area contributed by atoms with Gasteiger partial charge >= 0.3 is 0 Å². The molecule has 0 aliphatic carbocycles. The number of imidazole rings is 1. The van der Waals surface area contributed by atoms with Crippen LogP contribution in [0.2, 0.25) is 0 Å². The van der Waals surface area contributed by atoms with Crippen LogP contribution < -0.4 is 4.74 Å². The zero-order chi connectivity index (χ0) is 18.4. The van der Waals surface area contributed by atoms with Gasteiger partial charge in [-0.2, -0.15) is 0 Å². The van der Waals surface area contributed by atoms with Gasteiger partial charge in [0, 0.05) is 18.6 Å². The largest absolute Gasteiger partial charge is 0.491 e. The van der Waals surface area contributed by atoms with Crippen molar-refractivity contribution in [3.63, 3.8) is 0 Å². The number of hydrogen-bond donors (Lipinski definition) is 2. The van der Waals surface area contributed by atoms with E-state index in [1.165, 1.54) is 18.9 Å². The van der Waals surface area contributed by atoms with Crippen molar-refractivity contribution in [1.29, 1.82) is 0 Å². The highest BCUT2D eigenvalue weighted by molar-refractivity contribution is 7.99. The van der Waals surface area contributed by atoms with E-state index in [1.807, 2.05) is 24.3 Å². The van der Waals surface area contributed by atoms with E-state index < -0.39 is 17.0 Å². The Morgan fingerprint density at radius 3 is 2.77 bits per heavy atom. The number of ether oxygens (including phenoxy) is 1. The number of hydrogen-bond acceptors (Lipinski definition) is 8. The third-order valence-corrected chi connectivity index (χ3v) is 5.04. The van der Waals surface area contributed by atoms with Gasteiger partial charge in [0.05, 0.1) is 17.1 Å². The molecule has 1 atom stereocenters. The van der Waals surface area contributed by atoms with Gasteiger partial charge in [-0.1, -0.05) is 34.8 Å². The van der Waals surface area contributed by atoms with Gasteiger partial charge in [0.15, 0.2) is 5.16 Å².